The topological polar surface area (TPSA) is 90.7 Å². The Morgan fingerprint density at radius 1 is 1.11 bits per heavy atom. The summed E-state index contributed by atoms with van der Waals surface area (Å²) < 4.78 is 15.1. The van der Waals surface area contributed by atoms with Gasteiger partial charge in [-0.1, -0.05) is 48.5 Å². The van der Waals surface area contributed by atoms with Crippen LogP contribution < -0.4 is 10.1 Å². The van der Waals surface area contributed by atoms with Crippen molar-refractivity contribution in [2.75, 3.05) is 11.9 Å². The minimum Gasteiger partial charge on any atom is -0.463 e. The van der Waals surface area contributed by atoms with Gasteiger partial charge in [0.05, 0.1) is 0 Å². The molecule has 1 N–H and O–H groups in total. The lowest BCUT2D eigenvalue weighted by Gasteiger charge is -2.15. The lowest BCUT2D eigenvalue weighted by molar-refractivity contribution is -0.155. The quantitative estimate of drug-likeness (QED) is 0.630. The number of aryl methyl sites for hydroxylation is 1. The van der Waals surface area contributed by atoms with Crippen LogP contribution in [0.2, 0.25) is 0 Å². The number of hydrogen-bond donors (Lipinski definition) is 1. The van der Waals surface area contributed by atoms with Gasteiger partial charge in [0.25, 0.3) is 11.8 Å². The molecule has 0 saturated carbocycles. The standard InChI is InChI=1S/C21H20N2O5/c1-14-12-19(23-28-14)26-13-20(24)27-15(2)21(25)22-18-11-7-6-10-17(18)16-8-4-3-5-9-16/h3-12,15H,13H2,1-2H3,(H,22,25)/t15-/m0/s1. The summed E-state index contributed by atoms with van der Waals surface area (Å²) in [7, 11) is 0. The summed E-state index contributed by atoms with van der Waals surface area (Å²) in [6, 6.07) is 18.7. The number of rotatable bonds is 7. The second kappa shape index (κ2) is 8.85. The van der Waals surface area contributed by atoms with Crippen LogP contribution in [0.1, 0.15) is 12.7 Å². The van der Waals surface area contributed by atoms with Gasteiger partial charge in [0.1, 0.15) is 5.76 Å². The van der Waals surface area contributed by atoms with Gasteiger partial charge in [-0.05, 0) is 30.6 Å². The van der Waals surface area contributed by atoms with Crippen molar-refractivity contribution in [3.8, 4) is 17.0 Å². The minimum absolute atomic E-state index is 0.184. The van der Waals surface area contributed by atoms with E-state index in [1.807, 2.05) is 48.5 Å². The van der Waals surface area contributed by atoms with Gasteiger partial charge in [0, 0.05) is 17.3 Å². The van der Waals surface area contributed by atoms with E-state index >= 15 is 0 Å². The van der Waals surface area contributed by atoms with E-state index in [1.165, 1.54) is 6.92 Å². The number of ether oxygens (including phenoxy) is 2. The maximum absolute atomic E-state index is 12.5. The van der Waals surface area contributed by atoms with E-state index < -0.39 is 18.0 Å². The highest BCUT2D eigenvalue weighted by Gasteiger charge is 2.20. The molecular formula is C21H20N2O5. The summed E-state index contributed by atoms with van der Waals surface area (Å²) in [5.41, 5.74) is 2.48. The fraction of sp³-hybridized carbons (Fsp3) is 0.190. The molecule has 1 aromatic heterocycles. The van der Waals surface area contributed by atoms with Gasteiger partial charge in [0.15, 0.2) is 12.7 Å². The second-order valence-electron chi connectivity index (χ2n) is 6.10. The van der Waals surface area contributed by atoms with Crippen LogP contribution in [-0.4, -0.2) is 29.7 Å². The van der Waals surface area contributed by atoms with Crippen molar-refractivity contribution < 1.29 is 23.6 Å². The first-order chi connectivity index (χ1) is 13.5. The van der Waals surface area contributed by atoms with Crippen LogP contribution in [0.4, 0.5) is 5.69 Å². The van der Waals surface area contributed by atoms with Crippen molar-refractivity contribution in [2.45, 2.75) is 20.0 Å². The Labute approximate surface area is 162 Å². The second-order valence-corrected chi connectivity index (χ2v) is 6.10. The molecule has 0 aliphatic heterocycles. The van der Waals surface area contributed by atoms with Crippen LogP contribution in [0, 0.1) is 6.92 Å². The normalized spacial score (nSPS) is 11.5. The molecule has 7 heteroatoms. The van der Waals surface area contributed by atoms with Gasteiger partial charge in [0.2, 0.25) is 0 Å². The van der Waals surface area contributed by atoms with Crippen molar-refractivity contribution in [3.05, 3.63) is 66.4 Å². The van der Waals surface area contributed by atoms with Gasteiger partial charge in [-0.2, -0.15) is 0 Å². The van der Waals surface area contributed by atoms with Crippen molar-refractivity contribution in [1.82, 2.24) is 5.16 Å². The van der Waals surface area contributed by atoms with E-state index in [9.17, 15) is 9.59 Å². The number of benzene rings is 2. The predicted molar refractivity (Wildman–Crippen MR) is 103 cm³/mol. The van der Waals surface area contributed by atoms with Gasteiger partial charge in [-0.15, -0.1) is 0 Å². The number of carbonyl (C=O) groups excluding carboxylic acids is 2. The average Bonchev–Trinajstić information content (AvgIpc) is 3.12. The molecule has 3 rings (SSSR count). The van der Waals surface area contributed by atoms with Crippen LogP contribution in [0.3, 0.4) is 0 Å². The SMILES string of the molecule is Cc1cc(OCC(=O)O[C@@H](C)C(=O)Nc2ccccc2-c2ccccc2)no1. The number of aromatic nitrogens is 1. The molecule has 144 valence electrons. The predicted octanol–water partition coefficient (Wildman–Crippen LogP) is 3.60. The molecule has 0 saturated heterocycles. The Balaban J connectivity index is 1.58. The monoisotopic (exact) mass is 380 g/mol. The average molecular weight is 380 g/mol. The van der Waals surface area contributed by atoms with E-state index in [2.05, 4.69) is 10.5 Å². The number of carbonyl (C=O) groups is 2. The highest BCUT2D eigenvalue weighted by atomic mass is 16.6. The highest BCUT2D eigenvalue weighted by Crippen LogP contribution is 2.27. The van der Waals surface area contributed by atoms with Crippen molar-refractivity contribution in [2.24, 2.45) is 0 Å². The molecule has 0 fully saturated rings. The van der Waals surface area contributed by atoms with Gasteiger partial charge in [-0.25, -0.2) is 4.79 Å². The molecule has 0 aliphatic carbocycles. The number of para-hydroxylation sites is 1. The molecule has 7 nitrogen and oxygen atoms in total. The summed E-state index contributed by atoms with van der Waals surface area (Å²) in [4.78, 5) is 24.3. The Morgan fingerprint density at radius 3 is 2.54 bits per heavy atom. The molecule has 0 radical (unpaired) electrons. The van der Waals surface area contributed by atoms with Crippen LogP contribution in [0.15, 0.2) is 65.2 Å². The Morgan fingerprint density at radius 2 is 1.82 bits per heavy atom. The summed E-state index contributed by atoms with van der Waals surface area (Å²) in [5.74, 6) is -0.370. The van der Waals surface area contributed by atoms with Crippen molar-refractivity contribution in [1.29, 1.82) is 0 Å². The van der Waals surface area contributed by atoms with E-state index in [1.54, 1.807) is 19.1 Å². The first-order valence-electron chi connectivity index (χ1n) is 8.74. The molecule has 3 aromatic rings. The Hall–Kier alpha value is -3.61. The Kier molecular flexibility index (Phi) is 6.06. The third kappa shape index (κ3) is 4.97. The smallest absolute Gasteiger partial charge is 0.345 e. The summed E-state index contributed by atoms with van der Waals surface area (Å²) in [6.07, 6.45) is -0.987. The number of esters is 1. The zero-order valence-corrected chi connectivity index (χ0v) is 15.5. The van der Waals surface area contributed by atoms with Gasteiger partial charge in [-0.3, -0.25) is 4.79 Å². The molecule has 1 atom stereocenters. The summed E-state index contributed by atoms with van der Waals surface area (Å²) >= 11 is 0. The van der Waals surface area contributed by atoms with Gasteiger partial charge < -0.3 is 19.3 Å². The lowest BCUT2D eigenvalue weighted by Crippen LogP contribution is -2.31. The van der Waals surface area contributed by atoms with Crippen LogP contribution in [-0.2, 0) is 14.3 Å². The zero-order chi connectivity index (χ0) is 19.9. The number of amides is 1. The van der Waals surface area contributed by atoms with E-state index in [-0.39, 0.29) is 12.5 Å². The highest BCUT2D eigenvalue weighted by molar-refractivity contribution is 5.98. The molecule has 1 heterocycles. The molecule has 2 aromatic carbocycles. The first kappa shape index (κ1) is 19.2. The number of anilines is 1. The third-order valence-electron chi connectivity index (χ3n) is 3.89. The maximum Gasteiger partial charge on any atom is 0.345 e. The van der Waals surface area contributed by atoms with Crippen LogP contribution in [0.5, 0.6) is 5.88 Å². The largest absolute Gasteiger partial charge is 0.463 e. The van der Waals surface area contributed by atoms with Gasteiger partial charge >= 0.3 is 5.97 Å². The molecule has 0 aliphatic rings. The van der Waals surface area contributed by atoms with Crippen LogP contribution >= 0.6 is 0 Å². The van der Waals surface area contributed by atoms with E-state index in [0.717, 1.165) is 11.1 Å². The lowest BCUT2D eigenvalue weighted by atomic mass is 10.0. The van der Waals surface area contributed by atoms with Crippen molar-refractivity contribution in [3.63, 3.8) is 0 Å². The summed E-state index contributed by atoms with van der Waals surface area (Å²) in [6.45, 7) is 2.83. The third-order valence-corrected chi connectivity index (χ3v) is 3.89. The number of hydrogen-bond acceptors (Lipinski definition) is 6. The molecule has 1 amide bonds. The van der Waals surface area contributed by atoms with E-state index in [0.29, 0.717) is 11.4 Å². The first-order valence-corrected chi connectivity index (χ1v) is 8.74. The fourth-order valence-corrected chi connectivity index (χ4v) is 2.53. The molecule has 28 heavy (non-hydrogen) atoms. The molecule has 0 bridgehead atoms. The number of nitrogens with one attached hydrogen (secondary N) is 1. The molecule has 0 spiro atoms. The summed E-state index contributed by atoms with van der Waals surface area (Å²) in [5, 5.41) is 6.42. The zero-order valence-electron chi connectivity index (χ0n) is 15.5. The maximum atomic E-state index is 12.5. The molecule has 0 unspecified atom stereocenters. The minimum atomic E-state index is -0.987. The van der Waals surface area contributed by atoms with Crippen molar-refractivity contribution >= 4 is 17.6 Å². The van der Waals surface area contributed by atoms with Crippen LogP contribution in [0.25, 0.3) is 11.1 Å². The molecular weight excluding hydrogens is 360 g/mol. The fourth-order valence-electron chi connectivity index (χ4n) is 2.53. The Bertz CT molecular complexity index is 952. The van der Waals surface area contributed by atoms with E-state index in [4.69, 9.17) is 14.0 Å². The number of nitrogens with zero attached hydrogens (tertiary/aromatic N) is 1.